The van der Waals surface area contributed by atoms with Crippen LogP contribution in [-0.4, -0.2) is 22.9 Å². The number of fused-ring (bicyclic) bond motifs is 2. The minimum absolute atomic E-state index is 0.0561. The van der Waals surface area contributed by atoms with Gasteiger partial charge < -0.3 is 19.0 Å². The number of allylic oxidation sites excluding steroid dienone is 1. The van der Waals surface area contributed by atoms with Gasteiger partial charge in [0.15, 0.2) is 0 Å². The molecule has 0 aliphatic heterocycles. The van der Waals surface area contributed by atoms with E-state index in [9.17, 15) is 9.90 Å². The quantitative estimate of drug-likeness (QED) is 0.521. The van der Waals surface area contributed by atoms with Crippen LogP contribution in [0.5, 0.6) is 0 Å². The molecule has 0 saturated heterocycles. The van der Waals surface area contributed by atoms with E-state index in [-0.39, 0.29) is 6.61 Å². The zero-order valence-electron chi connectivity index (χ0n) is 14.9. The molecule has 0 unspecified atom stereocenters. The Morgan fingerprint density at radius 1 is 1.15 bits per heavy atom. The monoisotopic (exact) mass is 354 g/mol. The van der Waals surface area contributed by atoms with Gasteiger partial charge in [-0.1, -0.05) is 17.7 Å². The molecule has 3 aromatic rings. The smallest absolute Gasteiger partial charge is 0.336 e. The number of furan rings is 1. The molecule has 3 rings (SSSR count). The van der Waals surface area contributed by atoms with Gasteiger partial charge in [0, 0.05) is 22.9 Å². The number of rotatable bonds is 6. The molecule has 1 atom stereocenters. The Morgan fingerprint density at radius 2 is 1.92 bits per heavy atom. The van der Waals surface area contributed by atoms with Gasteiger partial charge in [-0.2, -0.15) is 0 Å². The Labute approximate surface area is 150 Å². The Balaban J connectivity index is 1.92. The minimum Gasteiger partial charge on any atom is -0.464 e. The van der Waals surface area contributed by atoms with Gasteiger partial charge in [-0.3, -0.25) is 0 Å². The molecule has 5 heteroatoms. The zero-order chi connectivity index (χ0) is 18.7. The van der Waals surface area contributed by atoms with E-state index in [1.807, 2.05) is 13.0 Å². The van der Waals surface area contributed by atoms with Gasteiger partial charge in [0.25, 0.3) is 0 Å². The molecule has 26 heavy (non-hydrogen) atoms. The molecular formula is C21H22O5. The molecule has 2 heterocycles. The molecule has 1 aromatic carbocycles. The molecule has 5 nitrogen and oxygen atoms in total. The molecule has 0 amide bonds. The number of aliphatic hydroxyl groups excluding tert-OH is 2. The van der Waals surface area contributed by atoms with Crippen molar-refractivity contribution in [2.75, 3.05) is 6.61 Å². The van der Waals surface area contributed by atoms with Gasteiger partial charge >= 0.3 is 5.63 Å². The zero-order valence-corrected chi connectivity index (χ0v) is 14.9. The van der Waals surface area contributed by atoms with Crippen LogP contribution >= 0.6 is 0 Å². The van der Waals surface area contributed by atoms with Crippen LogP contribution in [0.4, 0.5) is 0 Å². The molecule has 2 N–H and O–H groups in total. The summed E-state index contributed by atoms with van der Waals surface area (Å²) in [4.78, 5) is 11.5. The number of aliphatic hydroxyl groups is 2. The van der Waals surface area contributed by atoms with E-state index in [0.717, 1.165) is 27.5 Å². The van der Waals surface area contributed by atoms with Gasteiger partial charge in [0.05, 0.1) is 19.0 Å². The maximum Gasteiger partial charge on any atom is 0.336 e. The lowest BCUT2D eigenvalue weighted by Crippen LogP contribution is -2.05. The first-order chi connectivity index (χ1) is 12.5. The molecule has 136 valence electrons. The molecule has 0 spiro atoms. The van der Waals surface area contributed by atoms with Crippen molar-refractivity contribution in [1.82, 2.24) is 0 Å². The first kappa shape index (κ1) is 18.2. The maximum atomic E-state index is 11.5. The SMILES string of the molecule is C/C(=C/[C@H](O)C/C(C)=C/Cc1c2ccoc2cc2oc(=O)ccc12)CO. The molecule has 0 aliphatic carbocycles. The predicted molar refractivity (Wildman–Crippen MR) is 101 cm³/mol. The molecule has 0 fully saturated rings. The van der Waals surface area contributed by atoms with Crippen LogP contribution in [-0.2, 0) is 6.42 Å². The Morgan fingerprint density at radius 3 is 2.69 bits per heavy atom. The molecule has 0 aliphatic rings. The normalized spacial score (nSPS) is 14.3. The minimum atomic E-state index is -0.627. The molecule has 2 aromatic heterocycles. The first-order valence-electron chi connectivity index (χ1n) is 8.52. The summed E-state index contributed by atoms with van der Waals surface area (Å²) >= 11 is 0. The Bertz CT molecular complexity index is 1040. The van der Waals surface area contributed by atoms with Crippen molar-refractivity contribution in [1.29, 1.82) is 0 Å². The molecule has 0 saturated carbocycles. The van der Waals surface area contributed by atoms with Crippen molar-refractivity contribution in [3.63, 3.8) is 0 Å². The van der Waals surface area contributed by atoms with Gasteiger partial charge in [-0.05, 0) is 50.0 Å². The van der Waals surface area contributed by atoms with Crippen molar-refractivity contribution in [3.8, 4) is 0 Å². The van der Waals surface area contributed by atoms with Crippen molar-refractivity contribution in [3.05, 3.63) is 69.8 Å². The van der Waals surface area contributed by atoms with Crippen LogP contribution in [0, 0.1) is 0 Å². The van der Waals surface area contributed by atoms with Crippen LogP contribution < -0.4 is 5.63 Å². The summed E-state index contributed by atoms with van der Waals surface area (Å²) in [5.74, 6) is 0. The standard InChI is InChI=1S/C21H22O5/c1-13(9-15(23)10-14(2)12-22)3-4-16-17-5-6-21(24)26-20(17)11-19-18(16)7-8-25-19/h3,5-8,10-11,15,22-23H,4,9,12H2,1-2H3/b13-3+,14-10-/t15-/m1/s1. The average Bonchev–Trinajstić information content (AvgIpc) is 3.06. The summed E-state index contributed by atoms with van der Waals surface area (Å²) in [6.07, 6.45) is 5.83. The number of benzene rings is 1. The van der Waals surface area contributed by atoms with E-state index in [0.29, 0.717) is 24.0 Å². The third-order valence-corrected chi connectivity index (χ3v) is 4.38. The van der Waals surface area contributed by atoms with Crippen LogP contribution in [0.3, 0.4) is 0 Å². The highest BCUT2D eigenvalue weighted by Gasteiger charge is 2.11. The van der Waals surface area contributed by atoms with E-state index in [1.165, 1.54) is 6.07 Å². The first-order valence-corrected chi connectivity index (χ1v) is 8.52. The fourth-order valence-corrected chi connectivity index (χ4v) is 3.08. The summed E-state index contributed by atoms with van der Waals surface area (Å²) in [5.41, 5.74) is 3.58. The van der Waals surface area contributed by atoms with Gasteiger partial charge in [-0.15, -0.1) is 0 Å². The molecular weight excluding hydrogens is 332 g/mol. The summed E-state index contributed by atoms with van der Waals surface area (Å²) in [6.45, 7) is 3.68. The van der Waals surface area contributed by atoms with Crippen molar-refractivity contribution < 1.29 is 19.0 Å². The molecule has 0 radical (unpaired) electrons. The second-order valence-electron chi connectivity index (χ2n) is 6.55. The van der Waals surface area contributed by atoms with E-state index >= 15 is 0 Å². The highest BCUT2D eigenvalue weighted by atomic mass is 16.4. The number of hydrogen-bond acceptors (Lipinski definition) is 5. The lowest BCUT2D eigenvalue weighted by molar-refractivity contribution is 0.220. The summed E-state index contributed by atoms with van der Waals surface area (Å²) in [5, 5.41) is 21.0. The summed E-state index contributed by atoms with van der Waals surface area (Å²) in [6, 6.07) is 6.83. The van der Waals surface area contributed by atoms with Crippen LogP contribution in [0.1, 0.15) is 25.8 Å². The second-order valence-corrected chi connectivity index (χ2v) is 6.55. The summed E-state index contributed by atoms with van der Waals surface area (Å²) < 4.78 is 10.8. The summed E-state index contributed by atoms with van der Waals surface area (Å²) in [7, 11) is 0. The van der Waals surface area contributed by atoms with Crippen molar-refractivity contribution in [2.24, 2.45) is 0 Å². The van der Waals surface area contributed by atoms with Crippen LogP contribution in [0.2, 0.25) is 0 Å². The third kappa shape index (κ3) is 3.95. The van der Waals surface area contributed by atoms with Crippen LogP contribution in [0.15, 0.2) is 67.5 Å². The van der Waals surface area contributed by atoms with E-state index in [1.54, 1.807) is 31.4 Å². The Kier molecular flexibility index (Phi) is 5.40. The van der Waals surface area contributed by atoms with E-state index in [4.69, 9.17) is 13.9 Å². The largest absolute Gasteiger partial charge is 0.464 e. The highest BCUT2D eigenvalue weighted by Crippen LogP contribution is 2.29. The van der Waals surface area contributed by atoms with Crippen molar-refractivity contribution in [2.45, 2.75) is 32.8 Å². The van der Waals surface area contributed by atoms with Gasteiger partial charge in [-0.25, -0.2) is 4.79 Å². The van der Waals surface area contributed by atoms with Crippen molar-refractivity contribution >= 4 is 21.9 Å². The fraction of sp³-hybridized carbons (Fsp3) is 0.286. The van der Waals surface area contributed by atoms with E-state index < -0.39 is 11.7 Å². The third-order valence-electron chi connectivity index (χ3n) is 4.38. The van der Waals surface area contributed by atoms with Crippen LogP contribution in [0.25, 0.3) is 21.9 Å². The topological polar surface area (TPSA) is 83.8 Å². The lowest BCUT2D eigenvalue weighted by atomic mass is 9.99. The van der Waals surface area contributed by atoms with Gasteiger partial charge in [0.2, 0.25) is 0 Å². The molecule has 0 bridgehead atoms. The predicted octanol–water partition coefficient (Wildman–Crippen LogP) is 3.72. The van der Waals surface area contributed by atoms with E-state index in [2.05, 4.69) is 6.08 Å². The maximum absolute atomic E-state index is 11.5. The average molecular weight is 354 g/mol. The fourth-order valence-electron chi connectivity index (χ4n) is 3.08. The lowest BCUT2D eigenvalue weighted by Gasteiger charge is -2.09. The Hall–Kier alpha value is -2.63. The second kappa shape index (κ2) is 7.72. The highest BCUT2D eigenvalue weighted by molar-refractivity contribution is 5.97. The number of hydrogen-bond donors (Lipinski definition) is 2. The van der Waals surface area contributed by atoms with Gasteiger partial charge in [0.1, 0.15) is 11.2 Å².